The molecule has 0 spiro atoms. The number of hydrogen-bond donors (Lipinski definition) is 1. The molecule has 1 N–H and O–H groups in total. The van der Waals surface area contributed by atoms with E-state index in [1.165, 1.54) is 30.5 Å². The summed E-state index contributed by atoms with van der Waals surface area (Å²) in [6, 6.07) is 13.5. The Labute approximate surface area is 127 Å². The summed E-state index contributed by atoms with van der Waals surface area (Å²) < 4.78 is 2.14. The summed E-state index contributed by atoms with van der Waals surface area (Å²) in [5.41, 5.74) is 3.01. The number of benzene rings is 1. The van der Waals surface area contributed by atoms with E-state index in [1.54, 1.807) is 0 Å². The summed E-state index contributed by atoms with van der Waals surface area (Å²) in [6.07, 6.45) is 5.75. The molecule has 0 saturated heterocycles. The van der Waals surface area contributed by atoms with Crippen molar-refractivity contribution in [1.82, 2.24) is 15.1 Å². The maximum Gasteiger partial charge on any atom is 0.0590 e. The Morgan fingerprint density at radius 1 is 1.19 bits per heavy atom. The van der Waals surface area contributed by atoms with Crippen molar-refractivity contribution in [3.63, 3.8) is 0 Å². The zero-order chi connectivity index (χ0) is 14.7. The predicted octanol–water partition coefficient (Wildman–Crippen LogP) is 3.68. The van der Waals surface area contributed by atoms with Gasteiger partial charge in [-0.15, -0.1) is 0 Å². The molecule has 3 nitrogen and oxygen atoms in total. The molecular weight excluding hydrogens is 258 g/mol. The lowest BCUT2D eigenvalue weighted by Gasteiger charge is -2.48. The molecule has 1 fully saturated rings. The third-order valence-electron chi connectivity index (χ3n) is 4.90. The highest BCUT2D eigenvalue weighted by atomic mass is 15.3. The molecule has 1 aliphatic carbocycles. The topological polar surface area (TPSA) is 29.9 Å². The summed E-state index contributed by atoms with van der Waals surface area (Å²) in [7, 11) is 0. The van der Waals surface area contributed by atoms with Crippen LogP contribution < -0.4 is 5.32 Å². The molecule has 1 aromatic carbocycles. The Kier molecular flexibility index (Phi) is 4.11. The standard InChI is InChI=1S/C18H25N3/c1-3-19-17(16-11-14-20-21(16)4-2)18(12-8-13-18)15-9-6-5-7-10-15/h5-7,9-11,14,17,19H,3-4,8,12-13H2,1-2H3. The molecule has 1 aromatic heterocycles. The molecule has 0 bridgehead atoms. The van der Waals surface area contributed by atoms with Crippen molar-refractivity contribution in [3.8, 4) is 0 Å². The average Bonchev–Trinajstić information content (AvgIpc) is 2.94. The molecule has 1 heterocycles. The van der Waals surface area contributed by atoms with Gasteiger partial charge in [0.25, 0.3) is 0 Å². The molecule has 1 aliphatic rings. The van der Waals surface area contributed by atoms with Crippen LogP contribution >= 0.6 is 0 Å². The summed E-state index contributed by atoms with van der Waals surface area (Å²) in [4.78, 5) is 0. The zero-order valence-corrected chi connectivity index (χ0v) is 13.0. The molecule has 1 atom stereocenters. The minimum Gasteiger partial charge on any atom is -0.308 e. The number of aryl methyl sites for hydroxylation is 1. The number of nitrogens with zero attached hydrogens (tertiary/aromatic N) is 2. The van der Waals surface area contributed by atoms with Crippen molar-refractivity contribution in [2.24, 2.45) is 0 Å². The average molecular weight is 283 g/mol. The number of hydrogen-bond acceptors (Lipinski definition) is 2. The van der Waals surface area contributed by atoms with Gasteiger partial charge in [0.1, 0.15) is 0 Å². The highest BCUT2D eigenvalue weighted by Crippen LogP contribution is 2.52. The van der Waals surface area contributed by atoms with Crippen molar-refractivity contribution in [2.75, 3.05) is 6.54 Å². The van der Waals surface area contributed by atoms with Crippen LogP contribution in [0.1, 0.15) is 50.4 Å². The van der Waals surface area contributed by atoms with E-state index in [0.29, 0.717) is 6.04 Å². The predicted molar refractivity (Wildman–Crippen MR) is 86.3 cm³/mol. The monoisotopic (exact) mass is 283 g/mol. The number of likely N-dealkylation sites (N-methyl/N-ethyl adjacent to an activating group) is 1. The fourth-order valence-corrected chi connectivity index (χ4v) is 3.71. The second-order valence-corrected chi connectivity index (χ2v) is 5.94. The Balaban J connectivity index is 2.03. The Morgan fingerprint density at radius 2 is 1.95 bits per heavy atom. The largest absolute Gasteiger partial charge is 0.308 e. The van der Waals surface area contributed by atoms with Crippen LogP contribution in [0.15, 0.2) is 42.6 Å². The van der Waals surface area contributed by atoms with Crippen LogP contribution in [0.2, 0.25) is 0 Å². The number of rotatable bonds is 6. The lowest BCUT2D eigenvalue weighted by molar-refractivity contribution is 0.164. The van der Waals surface area contributed by atoms with Gasteiger partial charge in [0.05, 0.1) is 11.7 Å². The van der Waals surface area contributed by atoms with Crippen LogP contribution in [-0.2, 0) is 12.0 Å². The van der Waals surface area contributed by atoms with Gasteiger partial charge >= 0.3 is 0 Å². The Morgan fingerprint density at radius 3 is 2.52 bits per heavy atom. The van der Waals surface area contributed by atoms with Gasteiger partial charge in [-0.1, -0.05) is 43.7 Å². The summed E-state index contributed by atoms with van der Waals surface area (Å²) in [6.45, 7) is 6.26. The second kappa shape index (κ2) is 6.02. The van der Waals surface area contributed by atoms with Crippen LogP contribution in [0.4, 0.5) is 0 Å². The van der Waals surface area contributed by atoms with Crippen LogP contribution in [-0.4, -0.2) is 16.3 Å². The van der Waals surface area contributed by atoms with Crippen molar-refractivity contribution in [3.05, 3.63) is 53.9 Å². The first-order valence-electron chi connectivity index (χ1n) is 8.12. The first kappa shape index (κ1) is 14.3. The molecule has 3 heteroatoms. The van der Waals surface area contributed by atoms with Gasteiger partial charge in [-0.3, -0.25) is 4.68 Å². The van der Waals surface area contributed by atoms with Crippen LogP contribution in [0.5, 0.6) is 0 Å². The van der Waals surface area contributed by atoms with Crippen molar-refractivity contribution in [2.45, 2.75) is 51.1 Å². The Bertz CT molecular complexity index is 569. The lowest BCUT2D eigenvalue weighted by Crippen LogP contribution is -2.47. The SMILES string of the molecule is CCNC(c1ccnn1CC)C1(c2ccccc2)CCC1. The summed E-state index contributed by atoms with van der Waals surface area (Å²) in [5, 5.41) is 8.22. The smallest absolute Gasteiger partial charge is 0.0590 e. The van der Waals surface area contributed by atoms with Gasteiger partial charge in [0.2, 0.25) is 0 Å². The summed E-state index contributed by atoms with van der Waals surface area (Å²) >= 11 is 0. The van der Waals surface area contributed by atoms with E-state index in [2.05, 4.69) is 65.3 Å². The van der Waals surface area contributed by atoms with Crippen molar-refractivity contribution >= 4 is 0 Å². The molecule has 0 aliphatic heterocycles. The number of aromatic nitrogens is 2. The molecule has 1 unspecified atom stereocenters. The third kappa shape index (κ3) is 2.40. The first-order valence-corrected chi connectivity index (χ1v) is 8.12. The van der Waals surface area contributed by atoms with Gasteiger partial charge in [-0.2, -0.15) is 5.10 Å². The fraction of sp³-hybridized carbons (Fsp3) is 0.500. The molecule has 3 rings (SSSR count). The van der Waals surface area contributed by atoms with E-state index in [9.17, 15) is 0 Å². The second-order valence-electron chi connectivity index (χ2n) is 5.94. The van der Waals surface area contributed by atoms with Crippen molar-refractivity contribution in [1.29, 1.82) is 0 Å². The minimum absolute atomic E-state index is 0.226. The normalized spacial score (nSPS) is 18.2. The van der Waals surface area contributed by atoms with E-state index in [0.717, 1.165) is 13.1 Å². The molecule has 0 amide bonds. The minimum atomic E-state index is 0.226. The molecule has 21 heavy (non-hydrogen) atoms. The van der Waals surface area contributed by atoms with E-state index in [4.69, 9.17) is 0 Å². The molecular formula is C18H25N3. The van der Waals surface area contributed by atoms with Gasteiger partial charge in [0, 0.05) is 18.2 Å². The first-order chi connectivity index (χ1) is 10.3. The molecule has 112 valence electrons. The molecule has 1 saturated carbocycles. The molecule has 0 radical (unpaired) electrons. The van der Waals surface area contributed by atoms with E-state index in [1.807, 2.05) is 6.20 Å². The Hall–Kier alpha value is -1.61. The van der Waals surface area contributed by atoms with Crippen LogP contribution in [0.25, 0.3) is 0 Å². The lowest BCUT2D eigenvalue weighted by atomic mass is 9.59. The van der Waals surface area contributed by atoms with Gasteiger partial charge in [-0.25, -0.2) is 0 Å². The van der Waals surface area contributed by atoms with Crippen LogP contribution in [0.3, 0.4) is 0 Å². The highest BCUT2D eigenvalue weighted by molar-refractivity contribution is 5.33. The van der Waals surface area contributed by atoms with E-state index < -0.39 is 0 Å². The van der Waals surface area contributed by atoms with E-state index >= 15 is 0 Å². The van der Waals surface area contributed by atoms with Crippen molar-refractivity contribution < 1.29 is 0 Å². The maximum atomic E-state index is 4.48. The highest BCUT2D eigenvalue weighted by Gasteiger charge is 2.46. The van der Waals surface area contributed by atoms with E-state index in [-0.39, 0.29) is 5.41 Å². The third-order valence-corrected chi connectivity index (χ3v) is 4.90. The van der Waals surface area contributed by atoms with Gasteiger partial charge in [0.15, 0.2) is 0 Å². The summed E-state index contributed by atoms with van der Waals surface area (Å²) in [5.74, 6) is 0. The van der Waals surface area contributed by atoms with Crippen LogP contribution in [0, 0.1) is 0 Å². The molecule has 2 aromatic rings. The number of nitrogens with one attached hydrogen (secondary N) is 1. The van der Waals surface area contributed by atoms with Gasteiger partial charge in [-0.05, 0) is 37.9 Å². The zero-order valence-electron chi connectivity index (χ0n) is 13.0. The van der Waals surface area contributed by atoms with Gasteiger partial charge < -0.3 is 5.32 Å². The maximum absolute atomic E-state index is 4.48. The quantitative estimate of drug-likeness (QED) is 0.876. The fourth-order valence-electron chi connectivity index (χ4n) is 3.71.